The highest BCUT2D eigenvalue weighted by atomic mass is 16.5. The molecule has 0 radical (unpaired) electrons. The average molecular weight is 442 g/mol. The predicted molar refractivity (Wildman–Crippen MR) is 123 cm³/mol. The molecule has 3 rings (SSSR count). The fourth-order valence-electron chi connectivity index (χ4n) is 3.41. The second-order valence-electron chi connectivity index (χ2n) is 7.43. The van der Waals surface area contributed by atoms with Crippen LogP contribution in [0, 0.1) is 0 Å². The molecule has 0 atom stereocenters. The Morgan fingerprint density at radius 1 is 1.06 bits per heavy atom. The van der Waals surface area contributed by atoms with Crippen molar-refractivity contribution in [1.82, 2.24) is 15.2 Å². The Hall–Kier alpha value is -3.17. The molecule has 1 aliphatic rings. The van der Waals surface area contributed by atoms with Crippen LogP contribution in [0.1, 0.15) is 12.0 Å². The molecule has 0 unspecified atom stereocenters. The van der Waals surface area contributed by atoms with Crippen molar-refractivity contribution in [3.05, 3.63) is 54.2 Å². The highest BCUT2D eigenvalue weighted by Crippen LogP contribution is 2.13. The minimum Gasteiger partial charge on any atom is -0.382 e. The van der Waals surface area contributed by atoms with Crippen LogP contribution in [0.3, 0.4) is 0 Å². The van der Waals surface area contributed by atoms with Gasteiger partial charge in [0.25, 0.3) is 0 Å². The second-order valence-corrected chi connectivity index (χ2v) is 7.43. The van der Waals surface area contributed by atoms with Crippen LogP contribution < -0.4 is 15.5 Å². The predicted octanol–water partition coefficient (Wildman–Crippen LogP) is 2.10. The third-order valence-corrected chi connectivity index (χ3v) is 5.12. The lowest BCUT2D eigenvalue weighted by Gasteiger charge is -2.35. The molecule has 9 nitrogen and oxygen atoms in total. The van der Waals surface area contributed by atoms with Crippen molar-refractivity contribution in [2.45, 2.75) is 13.0 Å². The lowest BCUT2D eigenvalue weighted by molar-refractivity contribution is -0.131. The third kappa shape index (κ3) is 7.51. The quantitative estimate of drug-likeness (QED) is 0.549. The van der Waals surface area contributed by atoms with Gasteiger partial charge in [-0.25, -0.2) is 9.78 Å². The molecule has 2 N–H and O–H groups in total. The van der Waals surface area contributed by atoms with Crippen molar-refractivity contribution in [2.75, 3.05) is 63.3 Å². The lowest BCUT2D eigenvalue weighted by atomic mass is 10.2. The number of amides is 3. The zero-order valence-electron chi connectivity index (χ0n) is 18.5. The summed E-state index contributed by atoms with van der Waals surface area (Å²) in [6.07, 6.45) is 2.04. The molecule has 0 spiro atoms. The number of nitrogens with one attached hydrogen (secondary N) is 2. The molecule has 0 bridgehead atoms. The van der Waals surface area contributed by atoms with Crippen molar-refractivity contribution in [3.63, 3.8) is 0 Å². The van der Waals surface area contributed by atoms with Gasteiger partial charge in [-0.05, 0) is 29.8 Å². The molecule has 0 saturated carbocycles. The van der Waals surface area contributed by atoms with E-state index in [1.165, 1.54) is 0 Å². The van der Waals surface area contributed by atoms with Crippen LogP contribution in [0.5, 0.6) is 0 Å². The molecule has 1 aromatic heterocycles. The monoisotopic (exact) mass is 441 g/mol. The van der Waals surface area contributed by atoms with Crippen molar-refractivity contribution in [2.24, 2.45) is 0 Å². The van der Waals surface area contributed by atoms with Crippen molar-refractivity contribution < 1.29 is 19.1 Å². The number of nitrogens with zero attached hydrogens (tertiary/aromatic N) is 3. The summed E-state index contributed by atoms with van der Waals surface area (Å²) in [5.41, 5.74) is 1.63. The maximum Gasteiger partial charge on any atom is 0.319 e. The van der Waals surface area contributed by atoms with Crippen LogP contribution in [-0.2, 0) is 20.9 Å². The zero-order chi connectivity index (χ0) is 22.6. The van der Waals surface area contributed by atoms with Crippen molar-refractivity contribution >= 4 is 23.4 Å². The van der Waals surface area contributed by atoms with Crippen molar-refractivity contribution in [1.29, 1.82) is 0 Å². The molecule has 2 aromatic rings. The van der Waals surface area contributed by atoms with Gasteiger partial charge in [0.05, 0.1) is 19.8 Å². The lowest BCUT2D eigenvalue weighted by Crippen LogP contribution is -2.49. The van der Waals surface area contributed by atoms with Crippen LogP contribution in [0.2, 0.25) is 0 Å². The number of methoxy groups -OCH3 is 1. The second kappa shape index (κ2) is 12.6. The molecular weight excluding hydrogens is 410 g/mol. The van der Waals surface area contributed by atoms with Crippen LogP contribution in [0.15, 0.2) is 48.7 Å². The molecule has 3 amide bonds. The van der Waals surface area contributed by atoms with Gasteiger partial charge < -0.3 is 29.9 Å². The normalized spacial score (nSPS) is 13.7. The Bertz CT molecular complexity index is 856. The van der Waals surface area contributed by atoms with Crippen LogP contribution in [0.4, 0.5) is 16.3 Å². The molecule has 172 valence electrons. The standard InChI is InChI=1S/C23H31N5O4/c1-31-15-16-32-18-19-5-4-6-20(17-19)26-23(30)25-10-8-22(29)28-13-11-27(12-14-28)21-7-2-3-9-24-21/h2-7,9,17H,8,10-16,18H2,1H3,(H2,25,26,30). The molecule has 9 heteroatoms. The SMILES string of the molecule is COCCOCc1cccc(NC(=O)NCCC(=O)N2CCN(c3ccccn3)CC2)c1. The van der Waals surface area contributed by atoms with Gasteiger partial charge in [-0.1, -0.05) is 18.2 Å². The van der Waals surface area contributed by atoms with E-state index in [0.29, 0.717) is 38.6 Å². The first-order valence-electron chi connectivity index (χ1n) is 10.8. The summed E-state index contributed by atoms with van der Waals surface area (Å²) in [5.74, 6) is 0.977. The number of anilines is 2. The summed E-state index contributed by atoms with van der Waals surface area (Å²) in [6, 6.07) is 13.0. The maximum absolute atomic E-state index is 12.5. The first-order valence-corrected chi connectivity index (χ1v) is 10.8. The van der Waals surface area contributed by atoms with Gasteiger partial charge in [-0.2, -0.15) is 0 Å². The summed E-state index contributed by atoms with van der Waals surface area (Å²) >= 11 is 0. The number of pyridine rings is 1. The van der Waals surface area contributed by atoms with Gasteiger partial charge in [0.1, 0.15) is 5.82 Å². The smallest absolute Gasteiger partial charge is 0.319 e. The molecule has 0 aliphatic carbocycles. The number of rotatable bonds is 10. The molecule has 1 fully saturated rings. The van der Waals surface area contributed by atoms with Gasteiger partial charge in [0, 0.05) is 58.1 Å². The van der Waals surface area contributed by atoms with Gasteiger partial charge >= 0.3 is 6.03 Å². The number of piperazine rings is 1. The van der Waals surface area contributed by atoms with Gasteiger partial charge in [-0.15, -0.1) is 0 Å². The highest BCUT2D eigenvalue weighted by Gasteiger charge is 2.21. The van der Waals surface area contributed by atoms with E-state index in [2.05, 4.69) is 20.5 Å². The third-order valence-electron chi connectivity index (χ3n) is 5.12. The molecule has 1 saturated heterocycles. The van der Waals surface area contributed by atoms with Gasteiger partial charge in [0.15, 0.2) is 0 Å². The summed E-state index contributed by atoms with van der Waals surface area (Å²) in [4.78, 5) is 33.0. The first-order chi connectivity index (χ1) is 15.7. The van der Waals surface area contributed by atoms with E-state index in [0.717, 1.165) is 24.5 Å². The number of aromatic nitrogens is 1. The number of hydrogen-bond acceptors (Lipinski definition) is 6. The van der Waals surface area contributed by atoms with Crippen LogP contribution >= 0.6 is 0 Å². The Kier molecular flexibility index (Phi) is 9.27. The number of benzene rings is 1. The van der Waals surface area contributed by atoms with Crippen molar-refractivity contribution in [3.8, 4) is 0 Å². The van der Waals surface area contributed by atoms with E-state index in [9.17, 15) is 9.59 Å². The number of hydrogen-bond donors (Lipinski definition) is 2. The Labute approximate surface area is 188 Å². The van der Waals surface area contributed by atoms with E-state index in [4.69, 9.17) is 9.47 Å². The first kappa shape index (κ1) is 23.5. The summed E-state index contributed by atoms with van der Waals surface area (Å²) in [5, 5.41) is 5.54. The Morgan fingerprint density at radius 3 is 2.66 bits per heavy atom. The van der Waals surface area contributed by atoms with Crippen LogP contribution in [0.25, 0.3) is 0 Å². The minimum absolute atomic E-state index is 0.0428. The number of urea groups is 1. The number of carbonyl (C=O) groups excluding carboxylic acids is 2. The van der Waals surface area contributed by atoms with E-state index in [-0.39, 0.29) is 24.9 Å². The highest BCUT2D eigenvalue weighted by molar-refractivity contribution is 5.89. The zero-order valence-corrected chi connectivity index (χ0v) is 18.5. The topological polar surface area (TPSA) is 96.0 Å². The molecule has 32 heavy (non-hydrogen) atoms. The van der Waals surface area contributed by atoms with Crippen LogP contribution in [-0.4, -0.2) is 74.9 Å². The fraction of sp³-hybridized carbons (Fsp3) is 0.435. The number of carbonyl (C=O) groups is 2. The molecule has 1 aliphatic heterocycles. The van der Waals surface area contributed by atoms with E-state index >= 15 is 0 Å². The minimum atomic E-state index is -0.338. The van der Waals surface area contributed by atoms with E-state index < -0.39 is 0 Å². The Balaban J connectivity index is 1.34. The van der Waals surface area contributed by atoms with Gasteiger partial charge in [0.2, 0.25) is 5.91 Å². The molecule has 1 aromatic carbocycles. The molecule has 2 heterocycles. The average Bonchev–Trinajstić information content (AvgIpc) is 2.83. The van der Waals surface area contributed by atoms with E-state index in [1.807, 2.05) is 47.4 Å². The molecular formula is C23H31N5O4. The van der Waals surface area contributed by atoms with E-state index in [1.54, 1.807) is 13.3 Å². The number of ether oxygens (including phenoxy) is 2. The Morgan fingerprint density at radius 2 is 1.91 bits per heavy atom. The maximum atomic E-state index is 12.5. The fourth-order valence-corrected chi connectivity index (χ4v) is 3.41. The summed E-state index contributed by atoms with van der Waals surface area (Å²) in [6.45, 7) is 4.60. The van der Waals surface area contributed by atoms with Gasteiger partial charge in [-0.3, -0.25) is 4.79 Å². The largest absolute Gasteiger partial charge is 0.382 e. The summed E-state index contributed by atoms with van der Waals surface area (Å²) < 4.78 is 10.4. The summed E-state index contributed by atoms with van der Waals surface area (Å²) in [7, 11) is 1.63.